The molecule has 0 aliphatic heterocycles. The molecule has 0 saturated carbocycles. The van der Waals surface area contributed by atoms with Crippen LogP contribution in [0, 0.1) is 0 Å². The van der Waals surface area contributed by atoms with Gasteiger partial charge in [0.1, 0.15) is 0 Å². The van der Waals surface area contributed by atoms with E-state index in [1.165, 1.54) is 6.07 Å². The molecule has 0 saturated heterocycles. The van der Waals surface area contributed by atoms with Crippen molar-refractivity contribution in [2.24, 2.45) is 0 Å². The summed E-state index contributed by atoms with van der Waals surface area (Å²) in [5.74, 6) is -1.30. The number of carboxylic acid groups (broad SMARTS) is 1. The van der Waals surface area contributed by atoms with Gasteiger partial charge in [-0.1, -0.05) is 18.2 Å². The summed E-state index contributed by atoms with van der Waals surface area (Å²) in [5.41, 5.74) is 2.21. The Labute approximate surface area is 138 Å². The molecule has 6 heteroatoms. The van der Waals surface area contributed by atoms with Crippen LogP contribution in [0.4, 0.5) is 5.69 Å². The fourth-order valence-electron chi connectivity index (χ4n) is 2.39. The average Bonchev–Trinajstić information content (AvgIpc) is 3.10. The zero-order valence-corrected chi connectivity index (χ0v) is 12.7. The predicted octanol–water partition coefficient (Wildman–Crippen LogP) is 2.75. The number of hydrogen-bond acceptors (Lipinski definition) is 3. The monoisotopic (exact) mass is 321 g/mol. The van der Waals surface area contributed by atoms with Crippen LogP contribution in [0.3, 0.4) is 0 Å². The molecule has 0 radical (unpaired) electrons. The minimum atomic E-state index is -1.04. The van der Waals surface area contributed by atoms with E-state index in [-0.39, 0.29) is 17.9 Å². The predicted molar refractivity (Wildman–Crippen MR) is 89.3 cm³/mol. The maximum atomic E-state index is 12.2. The van der Waals surface area contributed by atoms with Crippen molar-refractivity contribution < 1.29 is 14.7 Å². The number of hydrogen-bond donors (Lipinski definition) is 2. The number of benzene rings is 2. The van der Waals surface area contributed by atoms with Gasteiger partial charge in [0.15, 0.2) is 0 Å². The fourth-order valence-corrected chi connectivity index (χ4v) is 2.39. The molecule has 1 heterocycles. The van der Waals surface area contributed by atoms with Crippen molar-refractivity contribution in [3.63, 3.8) is 0 Å². The van der Waals surface area contributed by atoms with Crippen LogP contribution in [0.25, 0.3) is 5.69 Å². The summed E-state index contributed by atoms with van der Waals surface area (Å²) in [5, 5.41) is 11.9. The van der Waals surface area contributed by atoms with E-state index in [9.17, 15) is 9.59 Å². The first kappa shape index (κ1) is 15.5. The number of carboxylic acids is 1. The second-order valence-corrected chi connectivity index (χ2v) is 5.20. The SMILES string of the molecule is O=C(Cc1ccccc1C(=O)O)Nc1ccc(-n2ccnc2)cc1. The molecule has 120 valence electrons. The van der Waals surface area contributed by atoms with E-state index in [0.717, 1.165) is 5.69 Å². The molecule has 3 rings (SSSR count). The molecule has 24 heavy (non-hydrogen) atoms. The minimum absolute atomic E-state index is 0.00570. The van der Waals surface area contributed by atoms with Crippen LogP contribution in [0.15, 0.2) is 67.3 Å². The van der Waals surface area contributed by atoms with Gasteiger partial charge in [-0.3, -0.25) is 4.79 Å². The third-order valence-electron chi connectivity index (χ3n) is 3.55. The third-order valence-corrected chi connectivity index (χ3v) is 3.55. The summed E-state index contributed by atoms with van der Waals surface area (Å²) < 4.78 is 1.86. The zero-order valence-electron chi connectivity index (χ0n) is 12.7. The summed E-state index contributed by atoms with van der Waals surface area (Å²) in [6, 6.07) is 13.8. The van der Waals surface area contributed by atoms with Crippen molar-refractivity contribution in [2.75, 3.05) is 5.32 Å². The first-order valence-electron chi connectivity index (χ1n) is 7.33. The van der Waals surface area contributed by atoms with Crippen LogP contribution in [0.1, 0.15) is 15.9 Å². The van der Waals surface area contributed by atoms with E-state index in [1.54, 1.807) is 42.9 Å². The van der Waals surface area contributed by atoms with Gasteiger partial charge in [-0.15, -0.1) is 0 Å². The number of anilines is 1. The molecule has 2 N–H and O–H groups in total. The molecule has 0 aliphatic rings. The third kappa shape index (κ3) is 3.49. The van der Waals surface area contributed by atoms with Gasteiger partial charge in [0.2, 0.25) is 5.91 Å². The Kier molecular flexibility index (Phi) is 4.38. The van der Waals surface area contributed by atoms with Crippen molar-refractivity contribution in [1.29, 1.82) is 0 Å². The summed E-state index contributed by atoms with van der Waals surface area (Å²) in [6.45, 7) is 0. The van der Waals surface area contributed by atoms with Crippen molar-refractivity contribution in [1.82, 2.24) is 9.55 Å². The van der Waals surface area contributed by atoms with Crippen LogP contribution in [0.5, 0.6) is 0 Å². The van der Waals surface area contributed by atoms with Crippen molar-refractivity contribution in [2.45, 2.75) is 6.42 Å². The molecule has 2 aromatic carbocycles. The molecule has 0 bridgehead atoms. The van der Waals surface area contributed by atoms with Gasteiger partial charge in [-0.05, 0) is 35.9 Å². The Hall–Kier alpha value is -3.41. The van der Waals surface area contributed by atoms with E-state index in [2.05, 4.69) is 10.3 Å². The first-order valence-corrected chi connectivity index (χ1v) is 7.33. The lowest BCUT2D eigenvalue weighted by Gasteiger charge is -2.08. The van der Waals surface area contributed by atoms with E-state index < -0.39 is 5.97 Å². The highest BCUT2D eigenvalue weighted by Crippen LogP contribution is 2.15. The number of carbonyl (C=O) groups is 2. The lowest BCUT2D eigenvalue weighted by Crippen LogP contribution is -2.16. The smallest absolute Gasteiger partial charge is 0.335 e. The molecule has 0 fully saturated rings. The van der Waals surface area contributed by atoms with Crippen molar-refractivity contribution in [3.8, 4) is 5.69 Å². The number of amides is 1. The molecule has 1 aromatic heterocycles. The number of rotatable bonds is 5. The molecule has 0 spiro atoms. The second kappa shape index (κ2) is 6.78. The summed E-state index contributed by atoms with van der Waals surface area (Å²) in [6.07, 6.45) is 5.22. The first-order chi connectivity index (χ1) is 11.6. The van der Waals surface area contributed by atoms with Crippen LogP contribution >= 0.6 is 0 Å². The lowest BCUT2D eigenvalue weighted by molar-refractivity contribution is -0.115. The maximum Gasteiger partial charge on any atom is 0.335 e. The quantitative estimate of drug-likeness (QED) is 0.757. The van der Waals surface area contributed by atoms with Gasteiger partial charge in [0.05, 0.1) is 18.3 Å². The summed E-state index contributed by atoms with van der Waals surface area (Å²) in [4.78, 5) is 27.3. The molecule has 3 aromatic rings. The maximum absolute atomic E-state index is 12.2. The van der Waals surface area contributed by atoms with Gasteiger partial charge < -0.3 is 15.0 Å². The molecule has 1 amide bonds. The number of carbonyl (C=O) groups excluding carboxylic acids is 1. The molecule has 6 nitrogen and oxygen atoms in total. The molecule has 0 aliphatic carbocycles. The average molecular weight is 321 g/mol. The lowest BCUT2D eigenvalue weighted by atomic mass is 10.0. The van der Waals surface area contributed by atoms with E-state index in [0.29, 0.717) is 11.3 Å². The van der Waals surface area contributed by atoms with Gasteiger partial charge in [0, 0.05) is 23.8 Å². The number of nitrogens with one attached hydrogen (secondary N) is 1. The zero-order chi connectivity index (χ0) is 16.9. The van der Waals surface area contributed by atoms with Crippen LogP contribution in [0.2, 0.25) is 0 Å². The summed E-state index contributed by atoms with van der Waals surface area (Å²) >= 11 is 0. The normalized spacial score (nSPS) is 10.3. The Morgan fingerprint density at radius 1 is 1.08 bits per heavy atom. The fraction of sp³-hybridized carbons (Fsp3) is 0.0556. The highest BCUT2D eigenvalue weighted by Gasteiger charge is 2.12. The second-order valence-electron chi connectivity index (χ2n) is 5.20. The number of nitrogens with zero attached hydrogens (tertiary/aromatic N) is 2. The Morgan fingerprint density at radius 2 is 1.83 bits per heavy atom. The number of aromatic carboxylic acids is 1. The van der Waals surface area contributed by atoms with E-state index in [1.807, 2.05) is 22.9 Å². The Bertz CT molecular complexity index is 855. The summed E-state index contributed by atoms with van der Waals surface area (Å²) in [7, 11) is 0. The highest BCUT2D eigenvalue weighted by atomic mass is 16.4. The van der Waals surface area contributed by atoms with Gasteiger partial charge in [0.25, 0.3) is 0 Å². The Morgan fingerprint density at radius 3 is 2.50 bits per heavy atom. The van der Waals surface area contributed by atoms with Gasteiger partial charge in [-0.25, -0.2) is 9.78 Å². The molecule has 0 unspecified atom stereocenters. The number of imidazole rings is 1. The highest BCUT2D eigenvalue weighted by molar-refractivity contribution is 5.96. The van der Waals surface area contributed by atoms with Gasteiger partial charge in [-0.2, -0.15) is 0 Å². The van der Waals surface area contributed by atoms with Crippen LogP contribution in [-0.4, -0.2) is 26.5 Å². The number of aromatic nitrogens is 2. The standard InChI is InChI=1S/C18H15N3O3/c22-17(11-13-3-1-2-4-16(13)18(23)24)20-14-5-7-15(8-6-14)21-10-9-19-12-21/h1-10,12H,11H2,(H,20,22)(H,23,24). The van der Waals surface area contributed by atoms with Crippen molar-refractivity contribution >= 4 is 17.6 Å². The van der Waals surface area contributed by atoms with Crippen LogP contribution in [-0.2, 0) is 11.2 Å². The molecular formula is C18H15N3O3. The topological polar surface area (TPSA) is 84.2 Å². The molecular weight excluding hydrogens is 306 g/mol. The van der Waals surface area contributed by atoms with Crippen molar-refractivity contribution in [3.05, 3.63) is 78.4 Å². The van der Waals surface area contributed by atoms with E-state index >= 15 is 0 Å². The van der Waals surface area contributed by atoms with Gasteiger partial charge >= 0.3 is 5.97 Å². The van der Waals surface area contributed by atoms with E-state index in [4.69, 9.17) is 5.11 Å². The minimum Gasteiger partial charge on any atom is -0.478 e. The Balaban J connectivity index is 1.68. The van der Waals surface area contributed by atoms with Crippen LogP contribution < -0.4 is 5.32 Å². The molecule has 0 atom stereocenters. The largest absolute Gasteiger partial charge is 0.478 e.